The molecule has 0 aromatic heterocycles. The van der Waals surface area contributed by atoms with Gasteiger partial charge in [-0.3, -0.25) is 19.7 Å². The van der Waals surface area contributed by atoms with Gasteiger partial charge in [-0.2, -0.15) is 0 Å². The zero-order valence-corrected chi connectivity index (χ0v) is 23.2. The molecule has 0 bridgehead atoms. The fourth-order valence-corrected chi connectivity index (χ4v) is 4.96. The molecule has 0 unspecified atom stereocenters. The van der Waals surface area contributed by atoms with Gasteiger partial charge in [0.2, 0.25) is 5.91 Å². The number of nitro benzene ring substituents is 1. The van der Waals surface area contributed by atoms with E-state index in [9.17, 15) is 29.9 Å². The van der Waals surface area contributed by atoms with Crippen molar-refractivity contribution in [2.24, 2.45) is 5.16 Å². The second-order valence-corrected chi connectivity index (χ2v) is 9.76. The van der Waals surface area contributed by atoms with Crippen molar-refractivity contribution in [3.05, 3.63) is 94.0 Å². The molecule has 42 heavy (non-hydrogen) atoms. The molecule has 220 valence electrons. The molecule has 0 saturated carbocycles. The van der Waals surface area contributed by atoms with Gasteiger partial charge in [0.25, 0.3) is 11.6 Å². The van der Waals surface area contributed by atoms with Crippen LogP contribution in [-0.4, -0.2) is 77.0 Å². The van der Waals surface area contributed by atoms with Crippen LogP contribution in [0.15, 0.2) is 78.0 Å². The van der Waals surface area contributed by atoms with Gasteiger partial charge < -0.3 is 30.0 Å². The van der Waals surface area contributed by atoms with E-state index >= 15 is 0 Å². The smallest absolute Gasteiger partial charge is 0.269 e. The van der Waals surface area contributed by atoms with E-state index in [0.29, 0.717) is 29.0 Å². The number of nitrogens with zero attached hydrogens (tertiary/aromatic N) is 3. The molecule has 1 heterocycles. The second-order valence-electron chi connectivity index (χ2n) is 9.76. The number of hydrogen-bond donors (Lipinski definition) is 3. The average Bonchev–Trinajstić information content (AvgIpc) is 3.41. The summed E-state index contributed by atoms with van der Waals surface area (Å²) in [6.07, 6.45) is -1.12. The maximum Gasteiger partial charge on any atom is 0.269 e. The van der Waals surface area contributed by atoms with Gasteiger partial charge in [0.05, 0.1) is 36.9 Å². The first-order valence-electron chi connectivity index (χ1n) is 13.2. The maximum atomic E-state index is 13.6. The zero-order valence-electron chi connectivity index (χ0n) is 23.2. The molecule has 1 fully saturated rings. The van der Waals surface area contributed by atoms with E-state index in [1.165, 1.54) is 31.4 Å². The summed E-state index contributed by atoms with van der Waals surface area (Å²) < 4.78 is 5.44. The molecule has 3 aromatic carbocycles. The summed E-state index contributed by atoms with van der Waals surface area (Å²) in [5.41, 5.74) is 2.94. The van der Waals surface area contributed by atoms with Gasteiger partial charge in [0.1, 0.15) is 19.0 Å². The minimum atomic E-state index is -1.31. The zero-order chi connectivity index (χ0) is 30.2. The number of oxime groups is 1. The first-order valence-corrected chi connectivity index (χ1v) is 13.2. The molecule has 4 rings (SSSR count). The number of methoxy groups -OCH3 is 1. The summed E-state index contributed by atoms with van der Waals surface area (Å²) in [5.74, 6) is -0.0733. The van der Waals surface area contributed by atoms with E-state index in [4.69, 9.17) is 9.57 Å². The van der Waals surface area contributed by atoms with Gasteiger partial charge >= 0.3 is 0 Å². The molecular weight excluding hydrogens is 544 g/mol. The molecule has 2 amide bonds. The number of nitrogens with one attached hydrogen (secondary N) is 1. The van der Waals surface area contributed by atoms with Crippen LogP contribution in [0.4, 0.5) is 5.69 Å². The number of hydrogen-bond acceptors (Lipinski definition) is 9. The van der Waals surface area contributed by atoms with Gasteiger partial charge in [-0.1, -0.05) is 35.5 Å². The lowest BCUT2D eigenvalue weighted by Gasteiger charge is -2.26. The number of ether oxygens (including phenoxy) is 1. The van der Waals surface area contributed by atoms with Crippen LogP contribution in [0.3, 0.4) is 0 Å². The first-order chi connectivity index (χ1) is 20.2. The summed E-state index contributed by atoms with van der Waals surface area (Å²) in [6.45, 7) is -0.403. The van der Waals surface area contributed by atoms with E-state index < -0.39 is 35.6 Å². The topological polar surface area (TPSA) is 164 Å². The highest BCUT2D eigenvalue weighted by molar-refractivity contribution is 6.01. The third-order valence-electron chi connectivity index (χ3n) is 7.09. The van der Waals surface area contributed by atoms with E-state index in [1.54, 1.807) is 24.1 Å². The van der Waals surface area contributed by atoms with Gasteiger partial charge in [-0.05, 0) is 41.5 Å². The van der Waals surface area contributed by atoms with Crippen molar-refractivity contribution in [3.63, 3.8) is 0 Å². The lowest BCUT2D eigenvalue weighted by Crippen LogP contribution is -2.45. The van der Waals surface area contributed by atoms with Crippen LogP contribution in [0.5, 0.6) is 5.75 Å². The Morgan fingerprint density at radius 2 is 1.79 bits per heavy atom. The highest BCUT2D eigenvalue weighted by Gasteiger charge is 2.36. The molecule has 1 aliphatic rings. The molecule has 3 aromatic rings. The van der Waals surface area contributed by atoms with Crippen LogP contribution < -0.4 is 10.1 Å². The lowest BCUT2D eigenvalue weighted by atomic mass is 10.0. The van der Waals surface area contributed by atoms with Crippen LogP contribution in [0.2, 0.25) is 0 Å². The van der Waals surface area contributed by atoms with Crippen LogP contribution in [0.1, 0.15) is 34.9 Å². The molecule has 0 aliphatic carbocycles. The minimum Gasteiger partial charge on any atom is -0.496 e. The van der Waals surface area contributed by atoms with Gasteiger partial charge in [0, 0.05) is 42.1 Å². The van der Waals surface area contributed by atoms with Gasteiger partial charge in [0.15, 0.2) is 0 Å². The van der Waals surface area contributed by atoms with E-state index in [1.807, 2.05) is 36.4 Å². The van der Waals surface area contributed by atoms with Crippen LogP contribution in [-0.2, 0) is 9.63 Å². The molecular formula is C30H32N4O8. The molecule has 0 spiro atoms. The Balaban J connectivity index is 1.46. The van der Waals surface area contributed by atoms with E-state index in [-0.39, 0.29) is 24.6 Å². The third-order valence-corrected chi connectivity index (χ3v) is 7.09. The van der Waals surface area contributed by atoms with E-state index in [2.05, 4.69) is 10.5 Å². The lowest BCUT2D eigenvalue weighted by molar-refractivity contribution is -0.384. The number of non-ortho nitro benzene ring substituents is 1. The summed E-state index contributed by atoms with van der Waals surface area (Å²) in [7, 11) is 3.00. The Bertz CT molecular complexity index is 1440. The molecule has 1 saturated heterocycles. The molecule has 12 nitrogen and oxygen atoms in total. The number of nitro groups is 1. The predicted molar refractivity (Wildman–Crippen MR) is 154 cm³/mol. The highest BCUT2D eigenvalue weighted by Crippen LogP contribution is 2.30. The number of carbonyl (C=O) groups excluding carboxylic acids is 2. The maximum absolute atomic E-state index is 13.6. The average molecular weight is 577 g/mol. The normalized spacial score (nSPS) is 17.0. The summed E-state index contributed by atoms with van der Waals surface area (Å²) in [4.78, 5) is 43.4. The highest BCUT2D eigenvalue weighted by atomic mass is 16.6. The number of rotatable bonds is 11. The fraction of sp³-hybridized carbons (Fsp3) is 0.300. The number of aliphatic hydroxyl groups is 2. The largest absolute Gasteiger partial charge is 0.496 e. The summed E-state index contributed by atoms with van der Waals surface area (Å²) in [5, 5.41) is 38.1. The van der Waals surface area contributed by atoms with Crippen molar-refractivity contribution >= 4 is 23.2 Å². The Morgan fingerprint density at radius 3 is 2.40 bits per heavy atom. The molecule has 1 aliphatic heterocycles. The Hall–Kier alpha value is -4.81. The van der Waals surface area contributed by atoms with E-state index in [0.717, 1.165) is 11.1 Å². The van der Waals surface area contributed by atoms with Gasteiger partial charge in [-0.25, -0.2) is 0 Å². The SMILES string of the molecule is CON=C1C[C@@H](CC(=O)N[C@@H](CO)[C@@H](O)c2ccc([N+](=O)[O-])cc2)N(C(=O)c2ccc(-c3ccccc3OC)cc2)C1. The Kier molecular flexibility index (Phi) is 9.84. The Labute approximate surface area is 242 Å². The predicted octanol–water partition coefficient (Wildman–Crippen LogP) is 3.09. The van der Waals surface area contributed by atoms with Crippen molar-refractivity contribution in [2.45, 2.75) is 31.0 Å². The third kappa shape index (κ3) is 6.90. The molecule has 12 heteroatoms. The quantitative estimate of drug-likeness (QED) is 0.232. The number of benzene rings is 3. The monoisotopic (exact) mass is 576 g/mol. The first kappa shape index (κ1) is 30.2. The van der Waals surface area contributed by atoms with Crippen molar-refractivity contribution in [2.75, 3.05) is 27.4 Å². The second kappa shape index (κ2) is 13.7. The van der Waals surface area contributed by atoms with Crippen molar-refractivity contribution in [1.82, 2.24) is 10.2 Å². The molecule has 3 atom stereocenters. The summed E-state index contributed by atoms with van der Waals surface area (Å²) >= 11 is 0. The fourth-order valence-electron chi connectivity index (χ4n) is 4.96. The molecule has 3 N–H and O–H groups in total. The van der Waals surface area contributed by atoms with Crippen LogP contribution in [0.25, 0.3) is 11.1 Å². The van der Waals surface area contributed by atoms with Crippen molar-refractivity contribution in [1.29, 1.82) is 0 Å². The number of para-hydroxylation sites is 1. The van der Waals surface area contributed by atoms with Gasteiger partial charge in [-0.15, -0.1) is 0 Å². The summed E-state index contributed by atoms with van der Waals surface area (Å²) in [6, 6.07) is 18.2. The number of carbonyl (C=O) groups is 2. The van der Waals surface area contributed by atoms with Crippen molar-refractivity contribution < 1.29 is 34.3 Å². The van der Waals surface area contributed by atoms with Crippen molar-refractivity contribution in [3.8, 4) is 16.9 Å². The molecule has 0 radical (unpaired) electrons. The number of likely N-dealkylation sites (tertiary alicyclic amines) is 1. The van der Waals surface area contributed by atoms with Crippen LogP contribution >= 0.6 is 0 Å². The van der Waals surface area contributed by atoms with Crippen LogP contribution in [0, 0.1) is 10.1 Å². The Morgan fingerprint density at radius 1 is 1.10 bits per heavy atom. The minimum absolute atomic E-state index is 0.114. The standard InChI is InChI=1S/C30H32N4O8/c1-41-27-6-4-3-5-25(27)19-7-9-21(10-8-19)30(38)33-17-22(32-42-2)15-24(33)16-28(36)31-26(18-35)29(37)20-11-13-23(14-12-20)34(39)40/h3-14,24,26,29,35,37H,15-18H2,1-2H3,(H,31,36)/t24-,26-,29-/m0/s1. The number of amides is 2. The number of aliphatic hydroxyl groups excluding tert-OH is 2.